The van der Waals surface area contributed by atoms with Crippen molar-refractivity contribution in [2.45, 2.75) is 13.8 Å². The molecule has 0 bridgehead atoms. The predicted octanol–water partition coefficient (Wildman–Crippen LogP) is 5.54. The van der Waals surface area contributed by atoms with Gasteiger partial charge in [-0.1, -0.05) is 12.1 Å². The summed E-state index contributed by atoms with van der Waals surface area (Å²) in [6.07, 6.45) is 1.68. The molecule has 3 nitrogen and oxygen atoms in total. The molecule has 3 aromatic rings. The van der Waals surface area contributed by atoms with Gasteiger partial charge in [0, 0.05) is 22.8 Å². The third-order valence-electron chi connectivity index (χ3n) is 3.76. The molecule has 0 atom stereocenters. The number of benzene rings is 2. The van der Waals surface area contributed by atoms with Crippen LogP contribution in [0.2, 0.25) is 0 Å². The first-order valence-corrected chi connectivity index (χ1v) is 8.60. The molecule has 0 aliphatic rings. The van der Waals surface area contributed by atoms with Gasteiger partial charge < -0.3 is 5.32 Å². The molecule has 0 saturated carbocycles. The Hall–Kier alpha value is -2.97. The second kappa shape index (κ2) is 7.29. The van der Waals surface area contributed by atoms with Crippen molar-refractivity contribution in [1.82, 2.24) is 4.98 Å². The van der Waals surface area contributed by atoms with Crippen molar-refractivity contribution in [3.8, 4) is 17.3 Å². The van der Waals surface area contributed by atoms with Crippen LogP contribution in [0.4, 0.5) is 10.1 Å². The van der Waals surface area contributed by atoms with Crippen molar-refractivity contribution in [2.75, 3.05) is 5.32 Å². The maximum Gasteiger partial charge on any atom is 0.136 e. The normalized spacial score (nSPS) is 11.2. The van der Waals surface area contributed by atoms with Crippen LogP contribution in [0.3, 0.4) is 0 Å². The molecule has 124 valence electrons. The second-order valence-electron chi connectivity index (χ2n) is 5.68. The van der Waals surface area contributed by atoms with Gasteiger partial charge in [0.2, 0.25) is 0 Å². The third kappa shape index (κ3) is 3.93. The van der Waals surface area contributed by atoms with E-state index in [0.29, 0.717) is 10.6 Å². The molecule has 3 rings (SSSR count). The Morgan fingerprint density at radius 1 is 1.20 bits per heavy atom. The number of allylic oxidation sites excluding steroid dienone is 1. The zero-order valence-electron chi connectivity index (χ0n) is 13.9. The number of nitrogens with one attached hydrogen (secondary N) is 1. The Labute approximate surface area is 150 Å². The second-order valence-corrected chi connectivity index (χ2v) is 6.54. The number of hydrogen-bond acceptors (Lipinski definition) is 4. The SMILES string of the molecule is Cc1ccc(C)c(N/C=C(\C#N)c2nc(-c3ccc(F)cc3)cs2)c1. The average Bonchev–Trinajstić information content (AvgIpc) is 3.09. The van der Waals surface area contributed by atoms with E-state index in [4.69, 9.17) is 0 Å². The van der Waals surface area contributed by atoms with Crippen LogP contribution in [0.5, 0.6) is 0 Å². The molecule has 0 spiro atoms. The Bertz CT molecular complexity index is 965. The molecule has 5 heteroatoms. The van der Waals surface area contributed by atoms with Crippen LogP contribution in [0.15, 0.2) is 54.0 Å². The molecular weight excluding hydrogens is 333 g/mol. The van der Waals surface area contributed by atoms with Crippen LogP contribution < -0.4 is 5.32 Å². The van der Waals surface area contributed by atoms with Gasteiger partial charge in [-0.15, -0.1) is 11.3 Å². The number of hydrogen-bond donors (Lipinski definition) is 1. The van der Waals surface area contributed by atoms with Gasteiger partial charge in [-0.2, -0.15) is 5.26 Å². The molecule has 0 unspecified atom stereocenters. The van der Waals surface area contributed by atoms with E-state index in [0.717, 1.165) is 28.1 Å². The Kier molecular flexibility index (Phi) is 4.92. The quantitative estimate of drug-likeness (QED) is 0.629. The third-order valence-corrected chi connectivity index (χ3v) is 4.64. The minimum Gasteiger partial charge on any atom is -0.360 e. The topological polar surface area (TPSA) is 48.7 Å². The van der Waals surface area contributed by atoms with Gasteiger partial charge in [-0.3, -0.25) is 0 Å². The standard InChI is InChI=1S/C20H16FN3S/c1-13-3-4-14(2)18(9-13)23-11-16(10-22)20-24-19(12-25-20)15-5-7-17(21)8-6-15/h3-9,11-12,23H,1-2H3/b16-11+. The van der Waals surface area contributed by atoms with Gasteiger partial charge in [0.1, 0.15) is 22.5 Å². The molecule has 0 amide bonds. The number of nitrogens with zero attached hydrogens (tertiary/aromatic N) is 2. The number of aryl methyl sites for hydroxylation is 2. The lowest BCUT2D eigenvalue weighted by Crippen LogP contribution is -1.94. The van der Waals surface area contributed by atoms with Gasteiger partial charge in [0.15, 0.2) is 0 Å². The minimum atomic E-state index is -0.283. The van der Waals surface area contributed by atoms with Crippen molar-refractivity contribution in [2.24, 2.45) is 0 Å². The maximum atomic E-state index is 13.0. The van der Waals surface area contributed by atoms with Crippen LogP contribution in [0.25, 0.3) is 16.8 Å². The Morgan fingerprint density at radius 2 is 1.96 bits per heavy atom. The lowest BCUT2D eigenvalue weighted by molar-refractivity contribution is 0.628. The molecule has 1 N–H and O–H groups in total. The van der Waals surface area contributed by atoms with Crippen molar-refractivity contribution < 1.29 is 4.39 Å². The van der Waals surface area contributed by atoms with Crippen LogP contribution in [0, 0.1) is 31.0 Å². The Balaban J connectivity index is 1.85. The summed E-state index contributed by atoms with van der Waals surface area (Å²) >= 11 is 1.39. The van der Waals surface area contributed by atoms with Crippen LogP contribution in [0.1, 0.15) is 16.1 Å². The highest BCUT2D eigenvalue weighted by Crippen LogP contribution is 2.26. The summed E-state index contributed by atoms with van der Waals surface area (Å²) in [4.78, 5) is 4.50. The fourth-order valence-corrected chi connectivity index (χ4v) is 3.13. The van der Waals surface area contributed by atoms with Crippen molar-refractivity contribution in [1.29, 1.82) is 5.26 Å². The average molecular weight is 349 g/mol. The zero-order valence-corrected chi connectivity index (χ0v) is 14.7. The number of nitriles is 1. The summed E-state index contributed by atoms with van der Waals surface area (Å²) in [5.74, 6) is -0.283. The lowest BCUT2D eigenvalue weighted by atomic mass is 10.1. The van der Waals surface area contributed by atoms with Gasteiger partial charge in [-0.05, 0) is 55.3 Å². The highest BCUT2D eigenvalue weighted by molar-refractivity contribution is 7.11. The lowest BCUT2D eigenvalue weighted by Gasteiger charge is -2.06. The highest BCUT2D eigenvalue weighted by Gasteiger charge is 2.09. The molecule has 0 aliphatic carbocycles. The van der Waals surface area contributed by atoms with E-state index in [1.807, 2.05) is 37.4 Å². The predicted molar refractivity (Wildman–Crippen MR) is 101 cm³/mol. The number of rotatable bonds is 4. The number of halogens is 1. The van der Waals surface area contributed by atoms with E-state index >= 15 is 0 Å². The van der Waals surface area contributed by atoms with Crippen molar-refractivity contribution in [3.63, 3.8) is 0 Å². The smallest absolute Gasteiger partial charge is 0.136 e. The number of anilines is 1. The molecule has 0 aliphatic heterocycles. The first-order chi connectivity index (χ1) is 12.1. The van der Waals surface area contributed by atoms with Crippen LogP contribution in [-0.4, -0.2) is 4.98 Å². The van der Waals surface area contributed by atoms with E-state index in [1.54, 1.807) is 18.3 Å². The first kappa shape index (κ1) is 16.9. The molecule has 0 fully saturated rings. The van der Waals surface area contributed by atoms with Gasteiger partial charge >= 0.3 is 0 Å². The van der Waals surface area contributed by atoms with Crippen molar-refractivity contribution in [3.05, 3.63) is 76.0 Å². The molecule has 1 aromatic heterocycles. The fourth-order valence-electron chi connectivity index (χ4n) is 2.33. The van der Waals surface area contributed by atoms with E-state index in [2.05, 4.69) is 16.4 Å². The van der Waals surface area contributed by atoms with E-state index in [-0.39, 0.29) is 5.82 Å². The number of aromatic nitrogens is 1. The van der Waals surface area contributed by atoms with E-state index in [1.165, 1.54) is 23.5 Å². The monoisotopic (exact) mass is 349 g/mol. The van der Waals surface area contributed by atoms with E-state index in [9.17, 15) is 9.65 Å². The first-order valence-electron chi connectivity index (χ1n) is 7.73. The largest absolute Gasteiger partial charge is 0.360 e. The molecule has 1 heterocycles. The summed E-state index contributed by atoms with van der Waals surface area (Å²) in [6.45, 7) is 4.03. The zero-order chi connectivity index (χ0) is 17.8. The molecule has 2 aromatic carbocycles. The number of thiazole rings is 1. The minimum absolute atomic E-state index is 0.283. The molecule has 0 saturated heterocycles. The van der Waals surface area contributed by atoms with E-state index < -0.39 is 0 Å². The summed E-state index contributed by atoms with van der Waals surface area (Å²) in [6, 6.07) is 14.5. The molecular formula is C20H16FN3S. The molecule has 25 heavy (non-hydrogen) atoms. The summed E-state index contributed by atoms with van der Waals surface area (Å²) in [5.41, 5.74) is 5.22. The summed E-state index contributed by atoms with van der Waals surface area (Å²) in [7, 11) is 0. The summed E-state index contributed by atoms with van der Waals surface area (Å²) < 4.78 is 13.0. The van der Waals surface area contributed by atoms with Crippen molar-refractivity contribution >= 4 is 22.6 Å². The molecule has 0 radical (unpaired) electrons. The van der Waals surface area contributed by atoms with Crippen LogP contribution >= 0.6 is 11.3 Å². The summed E-state index contributed by atoms with van der Waals surface area (Å²) in [5, 5.41) is 15.1. The van der Waals surface area contributed by atoms with Gasteiger partial charge in [0.05, 0.1) is 5.69 Å². The highest BCUT2D eigenvalue weighted by atomic mass is 32.1. The fraction of sp³-hybridized carbons (Fsp3) is 0.100. The Morgan fingerprint density at radius 3 is 2.68 bits per heavy atom. The maximum absolute atomic E-state index is 13.0. The van der Waals surface area contributed by atoms with Gasteiger partial charge in [0.25, 0.3) is 0 Å². The van der Waals surface area contributed by atoms with Gasteiger partial charge in [-0.25, -0.2) is 9.37 Å². The van der Waals surface area contributed by atoms with Crippen LogP contribution in [-0.2, 0) is 0 Å².